The number of nitrogens with two attached hydrogens (primary N) is 1. The van der Waals surface area contributed by atoms with E-state index in [4.69, 9.17) is 5.73 Å². The van der Waals surface area contributed by atoms with E-state index in [9.17, 15) is 0 Å². The molecule has 0 unspecified atom stereocenters. The lowest BCUT2D eigenvalue weighted by atomic mass is 10.1. The molecule has 2 heterocycles. The minimum absolute atomic E-state index is 0.510. The van der Waals surface area contributed by atoms with Gasteiger partial charge in [0.1, 0.15) is 0 Å². The Morgan fingerprint density at radius 1 is 1.19 bits per heavy atom. The molecule has 21 heavy (non-hydrogen) atoms. The quantitative estimate of drug-likeness (QED) is 0.784. The Balaban J connectivity index is 1.93. The number of hydrogen-bond acceptors (Lipinski definition) is 4. The van der Waals surface area contributed by atoms with E-state index in [1.54, 1.807) is 0 Å². The second-order valence-corrected chi connectivity index (χ2v) is 6.14. The van der Waals surface area contributed by atoms with Gasteiger partial charge in [0, 0.05) is 42.2 Å². The number of rotatable bonds is 5. The Labute approximate surface area is 129 Å². The summed E-state index contributed by atoms with van der Waals surface area (Å²) in [6.07, 6.45) is 2.95. The molecule has 0 saturated carbocycles. The summed E-state index contributed by atoms with van der Waals surface area (Å²) in [5, 5.41) is 3.30. The Bertz CT molecular complexity index is 722. The highest BCUT2D eigenvalue weighted by Crippen LogP contribution is 2.28. The van der Waals surface area contributed by atoms with Gasteiger partial charge in [-0.1, -0.05) is 24.3 Å². The Hall–Kier alpha value is -1.91. The van der Waals surface area contributed by atoms with Crippen LogP contribution in [-0.2, 0) is 13.0 Å². The van der Waals surface area contributed by atoms with Gasteiger partial charge in [0.2, 0.25) is 0 Å². The summed E-state index contributed by atoms with van der Waals surface area (Å²) in [6, 6.07) is 12.5. The average Bonchev–Trinajstić information content (AvgIpc) is 3.04. The van der Waals surface area contributed by atoms with Crippen LogP contribution < -0.4 is 10.6 Å². The molecule has 2 N–H and O–H groups in total. The predicted octanol–water partition coefficient (Wildman–Crippen LogP) is 3.43. The van der Waals surface area contributed by atoms with Gasteiger partial charge in [-0.15, -0.1) is 11.3 Å². The van der Waals surface area contributed by atoms with Crippen LogP contribution >= 0.6 is 11.3 Å². The molecule has 0 fully saturated rings. The minimum atomic E-state index is 0.510. The van der Waals surface area contributed by atoms with Crippen LogP contribution in [0.1, 0.15) is 10.4 Å². The first-order valence-electron chi connectivity index (χ1n) is 7.10. The van der Waals surface area contributed by atoms with Crippen molar-refractivity contribution in [2.24, 2.45) is 5.73 Å². The van der Waals surface area contributed by atoms with Crippen molar-refractivity contribution in [1.29, 1.82) is 0 Å². The number of benzene rings is 1. The second kappa shape index (κ2) is 6.24. The molecule has 1 aromatic carbocycles. The summed E-state index contributed by atoms with van der Waals surface area (Å²) in [4.78, 5) is 8.21. The highest BCUT2D eigenvalue weighted by molar-refractivity contribution is 7.09. The fourth-order valence-corrected chi connectivity index (χ4v) is 3.31. The van der Waals surface area contributed by atoms with E-state index in [-0.39, 0.29) is 0 Å². The Morgan fingerprint density at radius 2 is 2.05 bits per heavy atom. The van der Waals surface area contributed by atoms with Crippen LogP contribution in [-0.4, -0.2) is 18.6 Å². The molecule has 2 aromatic heterocycles. The van der Waals surface area contributed by atoms with Gasteiger partial charge in [-0.2, -0.15) is 0 Å². The third-order valence-electron chi connectivity index (χ3n) is 3.70. The number of fused-ring (bicyclic) bond motifs is 1. The number of likely N-dealkylation sites (N-methyl/N-ethyl adjacent to an activating group) is 1. The number of hydrogen-bond donors (Lipinski definition) is 1. The van der Waals surface area contributed by atoms with E-state index in [0.717, 1.165) is 24.0 Å². The van der Waals surface area contributed by atoms with Crippen molar-refractivity contribution in [1.82, 2.24) is 4.98 Å². The topological polar surface area (TPSA) is 42.1 Å². The van der Waals surface area contributed by atoms with Crippen LogP contribution in [0.4, 0.5) is 5.69 Å². The fourth-order valence-electron chi connectivity index (χ4n) is 2.61. The third-order valence-corrected chi connectivity index (χ3v) is 4.63. The minimum Gasteiger partial charge on any atom is -0.373 e. The molecule has 0 spiro atoms. The van der Waals surface area contributed by atoms with Gasteiger partial charge in [0.25, 0.3) is 0 Å². The number of para-hydroxylation sites is 1. The first-order chi connectivity index (χ1) is 10.3. The van der Waals surface area contributed by atoms with E-state index >= 15 is 0 Å². The third kappa shape index (κ3) is 2.91. The Kier molecular flexibility index (Phi) is 4.18. The standard InChI is InChI=1S/C17H19N3S/c1-20(9-8-14-5-4-10-21-14)17-13(11-18)12-19-16-7-3-2-6-15(16)17/h2-7,10,12H,8-9,11,18H2,1H3. The number of thiophene rings is 1. The summed E-state index contributed by atoms with van der Waals surface area (Å²) >= 11 is 1.81. The summed E-state index contributed by atoms with van der Waals surface area (Å²) in [6.45, 7) is 1.48. The van der Waals surface area contributed by atoms with Crippen molar-refractivity contribution < 1.29 is 0 Å². The van der Waals surface area contributed by atoms with E-state index in [0.29, 0.717) is 6.54 Å². The monoisotopic (exact) mass is 297 g/mol. The summed E-state index contributed by atoms with van der Waals surface area (Å²) in [7, 11) is 2.13. The average molecular weight is 297 g/mol. The van der Waals surface area contributed by atoms with Gasteiger partial charge in [-0.25, -0.2) is 0 Å². The first kappa shape index (κ1) is 14.0. The lowest BCUT2D eigenvalue weighted by molar-refractivity contribution is 0.877. The number of anilines is 1. The molecule has 0 radical (unpaired) electrons. The van der Waals surface area contributed by atoms with E-state index in [1.807, 2.05) is 29.7 Å². The molecule has 0 bridgehead atoms. The highest BCUT2D eigenvalue weighted by atomic mass is 32.1. The van der Waals surface area contributed by atoms with Gasteiger partial charge < -0.3 is 10.6 Å². The molecule has 0 aliphatic heterocycles. The summed E-state index contributed by atoms with van der Waals surface area (Å²) in [5.74, 6) is 0. The van der Waals surface area contributed by atoms with Crippen LogP contribution in [0, 0.1) is 0 Å². The van der Waals surface area contributed by atoms with Crippen LogP contribution in [0.3, 0.4) is 0 Å². The molecule has 3 nitrogen and oxygen atoms in total. The molecular weight excluding hydrogens is 278 g/mol. The second-order valence-electron chi connectivity index (χ2n) is 5.10. The van der Waals surface area contributed by atoms with E-state index in [1.165, 1.54) is 16.0 Å². The van der Waals surface area contributed by atoms with Crippen molar-refractivity contribution in [3.63, 3.8) is 0 Å². The molecule has 4 heteroatoms. The van der Waals surface area contributed by atoms with E-state index < -0.39 is 0 Å². The molecule has 0 aliphatic rings. The zero-order valence-corrected chi connectivity index (χ0v) is 12.9. The lowest BCUT2D eigenvalue weighted by Gasteiger charge is -2.23. The van der Waals surface area contributed by atoms with Crippen molar-refractivity contribution in [2.75, 3.05) is 18.5 Å². The van der Waals surface area contributed by atoms with Crippen molar-refractivity contribution in [3.05, 3.63) is 58.4 Å². The van der Waals surface area contributed by atoms with Crippen LogP contribution in [0.5, 0.6) is 0 Å². The van der Waals surface area contributed by atoms with Crippen LogP contribution in [0.2, 0.25) is 0 Å². The SMILES string of the molecule is CN(CCc1cccs1)c1c(CN)cnc2ccccc12. The van der Waals surface area contributed by atoms with Crippen LogP contribution in [0.15, 0.2) is 48.0 Å². The molecule has 0 aliphatic carbocycles. The highest BCUT2D eigenvalue weighted by Gasteiger charge is 2.12. The van der Waals surface area contributed by atoms with Gasteiger partial charge in [0.15, 0.2) is 0 Å². The molecule has 3 aromatic rings. The van der Waals surface area contributed by atoms with Gasteiger partial charge in [-0.3, -0.25) is 4.98 Å². The van der Waals surface area contributed by atoms with Crippen molar-refractivity contribution in [3.8, 4) is 0 Å². The number of pyridine rings is 1. The maximum absolute atomic E-state index is 5.91. The van der Waals surface area contributed by atoms with Crippen LogP contribution in [0.25, 0.3) is 10.9 Å². The first-order valence-corrected chi connectivity index (χ1v) is 7.98. The molecule has 0 amide bonds. The summed E-state index contributed by atoms with van der Waals surface area (Å²) < 4.78 is 0. The molecule has 108 valence electrons. The van der Waals surface area contributed by atoms with Crippen molar-refractivity contribution >= 4 is 27.9 Å². The molecular formula is C17H19N3S. The predicted molar refractivity (Wildman–Crippen MR) is 90.9 cm³/mol. The fraction of sp³-hybridized carbons (Fsp3) is 0.235. The number of nitrogens with zero attached hydrogens (tertiary/aromatic N) is 2. The maximum atomic E-state index is 5.91. The number of aromatic nitrogens is 1. The lowest BCUT2D eigenvalue weighted by Crippen LogP contribution is -2.22. The van der Waals surface area contributed by atoms with Crippen molar-refractivity contribution in [2.45, 2.75) is 13.0 Å². The Morgan fingerprint density at radius 3 is 2.81 bits per heavy atom. The zero-order chi connectivity index (χ0) is 14.7. The van der Waals surface area contributed by atoms with Gasteiger partial charge >= 0.3 is 0 Å². The van der Waals surface area contributed by atoms with Gasteiger partial charge in [0.05, 0.1) is 11.2 Å². The molecule has 0 saturated heterocycles. The van der Waals surface area contributed by atoms with E-state index in [2.05, 4.69) is 46.6 Å². The largest absolute Gasteiger partial charge is 0.373 e. The maximum Gasteiger partial charge on any atom is 0.0723 e. The molecule has 3 rings (SSSR count). The molecule has 0 atom stereocenters. The smallest absolute Gasteiger partial charge is 0.0723 e. The normalized spacial score (nSPS) is 11.0. The summed E-state index contributed by atoms with van der Waals surface area (Å²) in [5.41, 5.74) is 9.23. The zero-order valence-electron chi connectivity index (χ0n) is 12.1. The van der Waals surface area contributed by atoms with Gasteiger partial charge in [-0.05, 0) is 23.9 Å².